The molecule has 1 aromatic heterocycles. The summed E-state index contributed by atoms with van der Waals surface area (Å²) in [6, 6.07) is 47.0. The van der Waals surface area contributed by atoms with Gasteiger partial charge in [-0.1, -0.05) is 97.1 Å². The number of ether oxygens (including phenoxy) is 1. The monoisotopic (exact) mass is 511 g/mol. The van der Waals surface area contributed by atoms with Crippen molar-refractivity contribution in [2.75, 3.05) is 4.90 Å². The first kappa shape index (κ1) is 21.7. The lowest BCUT2D eigenvalue weighted by molar-refractivity contribution is 0.487. The van der Waals surface area contributed by atoms with Crippen LogP contribution in [0.15, 0.2) is 138 Å². The second kappa shape index (κ2) is 8.14. The maximum Gasteiger partial charge on any atom is 0.256 e. The summed E-state index contributed by atoms with van der Waals surface area (Å²) in [5, 5.41) is 2.26. The molecule has 0 saturated heterocycles. The van der Waals surface area contributed by atoms with Crippen molar-refractivity contribution in [2.24, 2.45) is 0 Å². The second-order valence-corrected chi connectivity index (χ2v) is 10.5. The first-order chi connectivity index (χ1) is 19.9. The van der Waals surface area contributed by atoms with E-state index in [1.165, 1.54) is 22.1 Å². The van der Waals surface area contributed by atoms with E-state index in [1.807, 2.05) is 18.2 Å². The molecule has 0 unspecified atom stereocenters. The molecule has 0 amide bonds. The number of nitrogens with zero attached hydrogens (tertiary/aromatic N) is 1. The summed E-state index contributed by atoms with van der Waals surface area (Å²) in [6.45, 7) is 0.106. The number of fused-ring (bicyclic) bond motifs is 7. The molecule has 40 heavy (non-hydrogen) atoms. The number of rotatable bonds is 2. The Morgan fingerprint density at radius 2 is 1.12 bits per heavy atom. The number of benzene rings is 6. The van der Waals surface area contributed by atoms with E-state index in [0.717, 1.165) is 55.9 Å². The molecule has 0 bridgehead atoms. The molecular formula is C36H22BNO2. The molecule has 9 rings (SSSR count). The molecule has 2 aliphatic heterocycles. The smallest absolute Gasteiger partial charge is 0.256 e. The topological polar surface area (TPSA) is 25.6 Å². The summed E-state index contributed by atoms with van der Waals surface area (Å²) in [7, 11) is 0. The Labute approximate surface area is 232 Å². The van der Waals surface area contributed by atoms with Gasteiger partial charge in [0.1, 0.15) is 22.7 Å². The molecule has 0 atom stereocenters. The lowest BCUT2D eigenvalue weighted by Crippen LogP contribution is -2.59. The van der Waals surface area contributed by atoms with Crippen LogP contribution in [0.1, 0.15) is 0 Å². The van der Waals surface area contributed by atoms with E-state index in [1.54, 1.807) is 0 Å². The quantitative estimate of drug-likeness (QED) is 0.223. The van der Waals surface area contributed by atoms with E-state index in [4.69, 9.17) is 9.15 Å². The Hall–Kier alpha value is -5.22. The van der Waals surface area contributed by atoms with E-state index < -0.39 is 0 Å². The summed E-state index contributed by atoms with van der Waals surface area (Å²) in [4.78, 5) is 2.40. The van der Waals surface area contributed by atoms with E-state index in [2.05, 4.69) is 120 Å². The van der Waals surface area contributed by atoms with Crippen LogP contribution < -0.4 is 26.0 Å². The molecule has 3 nitrogen and oxygen atoms in total. The summed E-state index contributed by atoms with van der Waals surface area (Å²) in [6.07, 6.45) is 0. The van der Waals surface area contributed by atoms with Gasteiger partial charge in [-0.25, -0.2) is 0 Å². The second-order valence-electron chi connectivity index (χ2n) is 10.5. The molecule has 0 radical (unpaired) electrons. The van der Waals surface area contributed by atoms with Crippen molar-refractivity contribution in [2.45, 2.75) is 0 Å². The fourth-order valence-corrected chi connectivity index (χ4v) is 6.70. The number of hydrogen-bond donors (Lipinski definition) is 0. The molecule has 0 aliphatic carbocycles. The lowest BCUT2D eigenvalue weighted by atomic mass is 9.34. The maximum absolute atomic E-state index is 6.49. The SMILES string of the molecule is c1ccc2c(c1)Oc1cccc3c1B2c1ccccc1N3c1ccccc1-c1cccc2c1oc1ccccc12. The van der Waals surface area contributed by atoms with Crippen LogP contribution in [0.25, 0.3) is 33.1 Å². The van der Waals surface area contributed by atoms with Crippen molar-refractivity contribution in [3.8, 4) is 22.6 Å². The van der Waals surface area contributed by atoms with Crippen molar-refractivity contribution in [3.63, 3.8) is 0 Å². The Bertz CT molecular complexity index is 2130. The fraction of sp³-hybridized carbons (Fsp3) is 0. The van der Waals surface area contributed by atoms with Gasteiger partial charge < -0.3 is 14.1 Å². The van der Waals surface area contributed by atoms with Gasteiger partial charge in [-0.05, 0) is 52.8 Å². The molecule has 0 saturated carbocycles. The third kappa shape index (κ3) is 2.90. The average molecular weight is 511 g/mol. The fourth-order valence-electron chi connectivity index (χ4n) is 6.70. The predicted octanol–water partition coefficient (Wildman–Crippen LogP) is 7.66. The summed E-state index contributed by atoms with van der Waals surface area (Å²) in [5.74, 6) is 1.84. The lowest BCUT2D eigenvalue weighted by Gasteiger charge is -2.40. The van der Waals surface area contributed by atoms with Crippen molar-refractivity contribution in [1.82, 2.24) is 0 Å². The Balaban J connectivity index is 1.33. The van der Waals surface area contributed by atoms with Gasteiger partial charge in [0.2, 0.25) is 0 Å². The largest absolute Gasteiger partial charge is 0.458 e. The van der Waals surface area contributed by atoms with Crippen LogP contribution in [0.5, 0.6) is 11.5 Å². The van der Waals surface area contributed by atoms with Gasteiger partial charge in [0.05, 0.1) is 5.69 Å². The highest BCUT2D eigenvalue weighted by molar-refractivity contribution is 6.99. The minimum absolute atomic E-state index is 0.106. The van der Waals surface area contributed by atoms with Gasteiger partial charge in [-0.2, -0.15) is 0 Å². The maximum atomic E-state index is 6.49. The predicted molar refractivity (Wildman–Crippen MR) is 165 cm³/mol. The normalized spacial score (nSPS) is 13.1. The minimum atomic E-state index is 0.106. The molecule has 3 heterocycles. The summed E-state index contributed by atoms with van der Waals surface area (Å²) in [5.41, 5.74) is 11.1. The minimum Gasteiger partial charge on any atom is -0.458 e. The van der Waals surface area contributed by atoms with Gasteiger partial charge in [0.25, 0.3) is 6.71 Å². The number of para-hydroxylation sites is 5. The van der Waals surface area contributed by atoms with Crippen LogP contribution >= 0.6 is 0 Å². The number of furan rings is 1. The van der Waals surface area contributed by atoms with Crippen molar-refractivity contribution in [3.05, 3.63) is 133 Å². The van der Waals surface area contributed by atoms with Crippen molar-refractivity contribution in [1.29, 1.82) is 0 Å². The highest BCUT2D eigenvalue weighted by atomic mass is 16.5. The highest BCUT2D eigenvalue weighted by Gasteiger charge is 2.41. The van der Waals surface area contributed by atoms with Crippen LogP contribution in [0.2, 0.25) is 0 Å². The van der Waals surface area contributed by atoms with E-state index in [-0.39, 0.29) is 6.71 Å². The number of anilines is 3. The molecule has 4 heteroatoms. The Morgan fingerprint density at radius 1 is 0.475 bits per heavy atom. The van der Waals surface area contributed by atoms with Crippen LogP contribution in [0.4, 0.5) is 17.1 Å². The standard InChI is InChI=1S/C36H22BNO2/c1-5-17-29(23(11-1)25-13-9-14-26-24-12-2-7-20-32(24)40-36(25)26)38-30-18-6-3-15-27(30)37-28-16-4-8-21-33(28)39-34-22-10-19-31(38)35(34)37/h1-22H. The zero-order chi connectivity index (χ0) is 26.2. The zero-order valence-electron chi connectivity index (χ0n) is 21.5. The summed E-state index contributed by atoms with van der Waals surface area (Å²) >= 11 is 0. The molecule has 6 aromatic carbocycles. The van der Waals surface area contributed by atoms with Gasteiger partial charge in [-0.15, -0.1) is 0 Å². The molecule has 186 valence electrons. The first-order valence-electron chi connectivity index (χ1n) is 13.7. The van der Waals surface area contributed by atoms with Gasteiger partial charge >= 0.3 is 0 Å². The van der Waals surface area contributed by atoms with E-state index in [9.17, 15) is 0 Å². The van der Waals surface area contributed by atoms with Gasteiger partial charge in [0.15, 0.2) is 0 Å². The van der Waals surface area contributed by atoms with E-state index in [0.29, 0.717) is 0 Å². The van der Waals surface area contributed by atoms with E-state index >= 15 is 0 Å². The van der Waals surface area contributed by atoms with Gasteiger partial charge in [-0.3, -0.25) is 0 Å². The molecule has 0 fully saturated rings. The molecule has 0 N–H and O–H groups in total. The van der Waals surface area contributed by atoms with Gasteiger partial charge in [0, 0.05) is 33.3 Å². The zero-order valence-corrected chi connectivity index (χ0v) is 21.5. The first-order valence-corrected chi connectivity index (χ1v) is 13.7. The Morgan fingerprint density at radius 3 is 2.08 bits per heavy atom. The third-order valence-electron chi connectivity index (χ3n) is 8.35. The van der Waals surface area contributed by atoms with Crippen LogP contribution in [0.3, 0.4) is 0 Å². The third-order valence-corrected chi connectivity index (χ3v) is 8.35. The molecule has 7 aromatic rings. The van der Waals surface area contributed by atoms with Crippen LogP contribution in [-0.4, -0.2) is 6.71 Å². The van der Waals surface area contributed by atoms with Crippen molar-refractivity contribution >= 4 is 62.1 Å². The Kier molecular flexibility index (Phi) is 4.41. The molecule has 0 spiro atoms. The molecular weight excluding hydrogens is 489 g/mol. The van der Waals surface area contributed by atoms with Crippen LogP contribution in [0, 0.1) is 0 Å². The average Bonchev–Trinajstić information content (AvgIpc) is 3.40. The summed E-state index contributed by atoms with van der Waals surface area (Å²) < 4.78 is 13.0. The van der Waals surface area contributed by atoms with Crippen molar-refractivity contribution < 1.29 is 9.15 Å². The van der Waals surface area contributed by atoms with Crippen LogP contribution in [-0.2, 0) is 0 Å². The molecule has 2 aliphatic rings. The highest BCUT2D eigenvalue weighted by Crippen LogP contribution is 2.46. The number of hydrogen-bond acceptors (Lipinski definition) is 3.